The van der Waals surface area contributed by atoms with Gasteiger partial charge in [-0.2, -0.15) is 0 Å². The van der Waals surface area contributed by atoms with Gasteiger partial charge in [0.2, 0.25) is 5.91 Å². The Balaban J connectivity index is 1.85. The number of morpholine rings is 1. The van der Waals surface area contributed by atoms with Crippen molar-refractivity contribution in [2.24, 2.45) is 0 Å². The Labute approximate surface area is 125 Å². The highest BCUT2D eigenvalue weighted by Gasteiger charge is 2.14. The van der Waals surface area contributed by atoms with E-state index in [0.717, 1.165) is 31.9 Å². The first-order chi connectivity index (χ1) is 9.94. The second kappa shape index (κ2) is 6.91. The summed E-state index contributed by atoms with van der Waals surface area (Å²) >= 11 is 0. The molecule has 5 nitrogen and oxygen atoms in total. The lowest BCUT2D eigenvalue weighted by Gasteiger charge is -2.28. The van der Waals surface area contributed by atoms with Gasteiger partial charge in [0.05, 0.1) is 25.2 Å². The van der Waals surface area contributed by atoms with E-state index in [1.165, 1.54) is 5.69 Å². The number of amides is 1. The molecular weight excluding hydrogens is 268 g/mol. The molecule has 1 aliphatic heterocycles. The van der Waals surface area contributed by atoms with Gasteiger partial charge in [0.25, 0.3) is 0 Å². The minimum atomic E-state index is -0.879. The first-order valence-electron chi connectivity index (χ1n) is 7.35. The lowest BCUT2D eigenvalue weighted by Crippen LogP contribution is -2.38. The Morgan fingerprint density at radius 2 is 1.90 bits per heavy atom. The van der Waals surface area contributed by atoms with Crippen LogP contribution in [0.4, 0.5) is 5.69 Å². The number of nitrogens with zero attached hydrogens (tertiary/aromatic N) is 1. The van der Waals surface area contributed by atoms with Crippen molar-refractivity contribution in [3.63, 3.8) is 0 Å². The summed E-state index contributed by atoms with van der Waals surface area (Å²) in [5.41, 5.74) is 1.26. The number of nitrogens with one attached hydrogen (secondary N) is 1. The molecule has 0 spiro atoms. The molecule has 1 heterocycles. The van der Waals surface area contributed by atoms with Crippen molar-refractivity contribution in [3.8, 4) is 0 Å². The molecule has 21 heavy (non-hydrogen) atoms. The number of hydrogen-bond acceptors (Lipinski definition) is 4. The van der Waals surface area contributed by atoms with Gasteiger partial charge in [-0.15, -0.1) is 0 Å². The summed E-state index contributed by atoms with van der Waals surface area (Å²) in [5.74, 6) is -0.0729. The largest absolute Gasteiger partial charge is 0.389 e. The number of benzene rings is 1. The fourth-order valence-corrected chi connectivity index (χ4v) is 2.21. The van der Waals surface area contributed by atoms with E-state index in [1.54, 1.807) is 13.8 Å². The lowest BCUT2D eigenvalue weighted by molar-refractivity contribution is -0.121. The van der Waals surface area contributed by atoms with Crippen LogP contribution in [0.15, 0.2) is 24.3 Å². The van der Waals surface area contributed by atoms with Crippen molar-refractivity contribution >= 4 is 11.6 Å². The third-order valence-electron chi connectivity index (χ3n) is 3.40. The van der Waals surface area contributed by atoms with Gasteiger partial charge < -0.3 is 20.1 Å². The standard InChI is InChI=1S/C16H24N2O3/c1-16(2,20)12-17-15(19)11-13-3-5-14(6-4-13)18-7-9-21-10-8-18/h3-6,20H,7-12H2,1-2H3,(H,17,19). The van der Waals surface area contributed by atoms with Crippen LogP contribution in [0.2, 0.25) is 0 Å². The number of anilines is 1. The predicted molar refractivity (Wildman–Crippen MR) is 82.5 cm³/mol. The molecule has 0 aromatic heterocycles. The molecule has 1 amide bonds. The van der Waals surface area contributed by atoms with Gasteiger partial charge >= 0.3 is 0 Å². The molecule has 1 saturated heterocycles. The Kier molecular flexibility index (Phi) is 5.20. The van der Waals surface area contributed by atoms with Crippen LogP contribution < -0.4 is 10.2 Å². The van der Waals surface area contributed by atoms with Crippen LogP contribution >= 0.6 is 0 Å². The van der Waals surface area contributed by atoms with Crippen LogP contribution in [0.5, 0.6) is 0 Å². The van der Waals surface area contributed by atoms with E-state index in [9.17, 15) is 9.90 Å². The molecule has 0 bridgehead atoms. The molecule has 0 radical (unpaired) electrons. The molecule has 0 saturated carbocycles. The average molecular weight is 292 g/mol. The van der Waals surface area contributed by atoms with Crippen LogP contribution in [-0.4, -0.2) is 49.5 Å². The zero-order valence-corrected chi connectivity index (χ0v) is 12.8. The van der Waals surface area contributed by atoms with Crippen LogP contribution in [0, 0.1) is 0 Å². The van der Waals surface area contributed by atoms with E-state index in [1.807, 2.05) is 24.3 Å². The lowest BCUT2D eigenvalue weighted by atomic mass is 10.1. The van der Waals surface area contributed by atoms with Gasteiger partial charge in [-0.3, -0.25) is 4.79 Å². The number of hydrogen-bond donors (Lipinski definition) is 2. The number of rotatable bonds is 5. The van der Waals surface area contributed by atoms with Gasteiger partial charge in [-0.1, -0.05) is 12.1 Å². The topological polar surface area (TPSA) is 61.8 Å². The van der Waals surface area contributed by atoms with Crippen molar-refractivity contribution in [2.75, 3.05) is 37.7 Å². The first kappa shape index (κ1) is 15.8. The maximum Gasteiger partial charge on any atom is 0.224 e. The van der Waals surface area contributed by atoms with Crippen molar-refractivity contribution in [1.82, 2.24) is 5.32 Å². The highest BCUT2D eigenvalue weighted by Crippen LogP contribution is 2.16. The number of ether oxygens (including phenoxy) is 1. The molecular formula is C16H24N2O3. The molecule has 0 atom stereocenters. The summed E-state index contributed by atoms with van der Waals surface area (Å²) in [6.07, 6.45) is 0.333. The van der Waals surface area contributed by atoms with Gasteiger partial charge in [-0.25, -0.2) is 0 Å². The highest BCUT2D eigenvalue weighted by molar-refractivity contribution is 5.78. The summed E-state index contributed by atoms with van der Waals surface area (Å²) in [4.78, 5) is 14.1. The van der Waals surface area contributed by atoms with Crippen molar-refractivity contribution in [3.05, 3.63) is 29.8 Å². The van der Waals surface area contributed by atoms with Crippen LogP contribution in [0.25, 0.3) is 0 Å². The second-order valence-electron chi connectivity index (χ2n) is 6.03. The third-order valence-corrected chi connectivity index (χ3v) is 3.40. The quantitative estimate of drug-likeness (QED) is 0.848. The summed E-state index contributed by atoms with van der Waals surface area (Å²) in [6, 6.07) is 8.05. The molecule has 116 valence electrons. The SMILES string of the molecule is CC(C)(O)CNC(=O)Cc1ccc(N2CCOCC2)cc1. The predicted octanol–water partition coefficient (Wildman–Crippen LogP) is 0.953. The van der Waals surface area contributed by atoms with Crippen LogP contribution in [0.3, 0.4) is 0 Å². The molecule has 2 N–H and O–H groups in total. The van der Waals surface area contributed by atoms with Gasteiger partial charge in [-0.05, 0) is 31.5 Å². The highest BCUT2D eigenvalue weighted by atomic mass is 16.5. The maximum absolute atomic E-state index is 11.8. The molecule has 0 aliphatic carbocycles. The molecule has 5 heteroatoms. The molecule has 1 aromatic rings. The Hall–Kier alpha value is -1.59. The van der Waals surface area contributed by atoms with Gasteiger partial charge in [0.15, 0.2) is 0 Å². The smallest absolute Gasteiger partial charge is 0.224 e. The second-order valence-corrected chi connectivity index (χ2v) is 6.03. The monoisotopic (exact) mass is 292 g/mol. The number of carbonyl (C=O) groups excluding carboxylic acids is 1. The van der Waals surface area contributed by atoms with E-state index >= 15 is 0 Å². The zero-order valence-electron chi connectivity index (χ0n) is 12.8. The van der Waals surface area contributed by atoms with Gasteiger partial charge in [0, 0.05) is 25.3 Å². The summed E-state index contributed by atoms with van der Waals surface area (Å²) in [5, 5.41) is 12.3. The minimum absolute atomic E-state index is 0.0729. The van der Waals surface area contributed by atoms with E-state index < -0.39 is 5.60 Å². The van der Waals surface area contributed by atoms with Crippen molar-refractivity contribution in [1.29, 1.82) is 0 Å². The number of carbonyl (C=O) groups is 1. The van der Waals surface area contributed by atoms with Crippen molar-refractivity contribution in [2.45, 2.75) is 25.9 Å². The fraction of sp³-hybridized carbons (Fsp3) is 0.562. The summed E-state index contributed by atoms with van der Waals surface area (Å²) < 4.78 is 5.34. The van der Waals surface area contributed by atoms with Gasteiger partial charge in [0.1, 0.15) is 0 Å². The van der Waals surface area contributed by atoms with E-state index in [4.69, 9.17) is 4.74 Å². The molecule has 0 unspecified atom stereocenters. The Bertz CT molecular complexity index is 459. The number of aliphatic hydroxyl groups is 1. The molecule has 1 aliphatic rings. The molecule has 1 aromatic carbocycles. The maximum atomic E-state index is 11.8. The summed E-state index contributed by atoms with van der Waals surface area (Å²) in [7, 11) is 0. The van der Waals surface area contributed by atoms with Crippen LogP contribution in [0.1, 0.15) is 19.4 Å². The fourth-order valence-electron chi connectivity index (χ4n) is 2.21. The Morgan fingerprint density at radius 3 is 2.48 bits per heavy atom. The van der Waals surface area contributed by atoms with E-state index in [2.05, 4.69) is 10.2 Å². The van der Waals surface area contributed by atoms with Crippen LogP contribution in [-0.2, 0) is 16.0 Å². The third kappa shape index (κ3) is 5.36. The first-order valence-corrected chi connectivity index (χ1v) is 7.35. The zero-order chi connectivity index (χ0) is 15.3. The summed E-state index contributed by atoms with van der Waals surface area (Å²) in [6.45, 7) is 6.95. The Morgan fingerprint density at radius 1 is 1.29 bits per heavy atom. The molecule has 2 rings (SSSR count). The van der Waals surface area contributed by atoms with Crippen molar-refractivity contribution < 1.29 is 14.6 Å². The molecule has 1 fully saturated rings. The minimum Gasteiger partial charge on any atom is -0.389 e. The van der Waals surface area contributed by atoms with E-state index in [-0.39, 0.29) is 12.5 Å². The van der Waals surface area contributed by atoms with E-state index in [0.29, 0.717) is 6.42 Å². The normalized spacial score (nSPS) is 15.9. The average Bonchev–Trinajstić information content (AvgIpc) is 2.46.